The van der Waals surface area contributed by atoms with Crippen molar-refractivity contribution in [3.8, 4) is 5.75 Å². The van der Waals surface area contributed by atoms with Crippen LogP contribution < -0.4 is 0 Å². The van der Waals surface area contributed by atoms with Gasteiger partial charge in [0.15, 0.2) is 0 Å². The van der Waals surface area contributed by atoms with Crippen LogP contribution >= 0.6 is 0 Å². The summed E-state index contributed by atoms with van der Waals surface area (Å²) in [6, 6.07) is 7.65. The highest BCUT2D eigenvalue weighted by atomic mass is 16.3. The van der Waals surface area contributed by atoms with Gasteiger partial charge in [-0.25, -0.2) is 0 Å². The van der Waals surface area contributed by atoms with Gasteiger partial charge in [0.2, 0.25) is 0 Å². The van der Waals surface area contributed by atoms with Crippen LogP contribution in [-0.4, -0.2) is 5.11 Å². The minimum atomic E-state index is 0.359. The van der Waals surface area contributed by atoms with E-state index in [1.165, 1.54) is 31.2 Å². The molecule has 0 aliphatic rings. The molecule has 1 aromatic rings. The van der Waals surface area contributed by atoms with Gasteiger partial charge in [0, 0.05) is 0 Å². The molecule has 0 bridgehead atoms. The van der Waals surface area contributed by atoms with Crippen LogP contribution in [-0.2, 0) is 6.42 Å². The Kier molecular flexibility index (Phi) is 6.58. The Morgan fingerprint density at radius 1 is 1.05 bits per heavy atom. The molecule has 0 spiro atoms. The molecule has 1 heteroatoms. The van der Waals surface area contributed by atoms with Crippen molar-refractivity contribution in [2.75, 3.05) is 0 Å². The molecule has 2 atom stereocenters. The molecule has 1 nitrogen and oxygen atoms in total. The Balaban J connectivity index is 2.33. The molecular formula is C19H32O. The predicted molar refractivity (Wildman–Crippen MR) is 88.1 cm³/mol. The molecule has 0 aromatic heterocycles. The molecule has 0 saturated carbocycles. The summed E-state index contributed by atoms with van der Waals surface area (Å²) in [7, 11) is 0. The van der Waals surface area contributed by atoms with Gasteiger partial charge in [-0.2, -0.15) is 0 Å². The van der Waals surface area contributed by atoms with E-state index in [0.29, 0.717) is 11.2 Å². The zero-order valence-corrected chi connectivity index (χ0v) is 13.9. The first-order chi connectivity index (χ1) is 9.32. The molecule has 1 aromatic carbocycles. The fraction of sp³-hybridized carbons (Fsp3) is 0.684. The Morgan fingerprint density at radius 2 is 1.65 bits per heavy atom. The van der Waals surface area contributed by atoms with Gasteiger partial charge >= 0.3 is 0 Å². The number of aromatic hydroxyl groups is 1. The molecule has 0 heterocycles. The average Bonchev–Trinajstić information content (AvgIpc) is 2.36. The third-order valence-electron chi connectivity index (χ3n) is 4.49. The normalized spacial score (nSPS) is 15.1. The van der Waals surface area contributed by atoms with Gasteiger partial charge in [-0.1, -0.05) is 66.0 Å². The lowest BCUT2D eigenvalue weighted by Crippen LogP contribution is -2.19. The Morgan fingerprint density at radius 3 is 2.15 bits per heavy atom. The van der Waals surface area contributed by atoms with Crippen LogP contribution in [0.1, 0.15) is 65.9 Å². The summed E-state index contributed by atoms with van der Waals surface area (Å²) in [6.45, 7) is 11.7. The number of benzene rings is 1. The first-order valence-corrected chi connectivity index (χ1v) is 8.10. The lowest BCUT2D eigenvalue weighted by atomic mass is 9.76. The van der Waals surface area contributed by atoms with E-state index in [1.54, 1.807) is 12.1 Å². The van der Waals surface area contributed by atoms with Crippen LogP contribution in [0.3, 0.4) is 0 Å². The molecule has 0 aliphatic heterocycles. The molecule has 114 valence electrons. The number of phenolic OH excluding ortho intramolecular Hbond substituents is 1. The van der Waals surface area contributed by atoms with Crippen molar-refractivity contribution >= 4 is 0 Å². The van der Waals surface area contributed by atoms with Crippen LogP contribution in [0.15, 0.2) is 24.3 Å². The third-order valence-corrected chi connectivity index (χ3v) is 4.49. The molecule has 0 saturated heterocycles. The fourth-order valence-corrected chi connectivity index (χ4v) is 3.10. The lowest BCUT2D eigenvalue weighted by Gasteiger charge is -2.30. The quantitative estimate of drug-likeness (QED) is 0.666. The summed E-state index contributed by atoms with van der Waals surface area (Å²) in [5.41, 5.74) is 1.77. The summed E-state index contributed by atoms with van der Waals surface area (Å²) in [5, 5.41) is 9.30. The zero-order chi connectivity index (χ0) is 15.2. The van der Waals surface area contributed by atoms with Crippen molar-refractivity contribution in [2.24, 2.45) is 17.3 Å². The van der Waals surface area contributed by atoms with Gasteiger partial charge in [-0.3, -0.25) is 0 Å². The van der Waals surface area contributed by atoms with Gasteiger partial charge < -0.3 is 5.11 Å². The van der Waals surface area contributed by atoms with Crippen molar-refractivity contribution < 1.29 is 5.11 Å². The van der Waals surface area contributed by atoms with E-state index >= 15 is 0 Å². The monoisotopic (exact) mass is 276 g/mol. The molecule has 0 radical (unpaired) electrons. The minimum absolute atomic E-state index is 0.359. The van der Waals surface area contributed by atoms with Crippen molar-refractivity contribution in [3.63, 3.8) is 0 Å². The Labute approximate surface area is 125 Å². The van der Waals surface area contributed by atoms with Crippen molar-refractivity contribution in [1.29, 1.82) is 0 Å². The second-order valence-electron chi connectivity index (χ2n) is 7.38. The van der Waals surface area contributed by atoms with Gasteiger partial charge in [-0.15, -0.1) is 0 Å². The van der Waals surface area contributed by atoms with Crippen LogP contribution in [0, 0.1) is 17.3 Å². The van der Waals surface area contributed by atoms with E-state index in [1.807, 2.05) is 12.1 Å². The highest BCUT2D eigenvalue weighted by Crippen LogP contribution is 2.33. The number of hydrogen-bond donors (Lipinski definition) is 1. The average molecular weight is 276 g/mol. The zero-order valence-electron chi connectivity index (χ0n) is 13.9. The van der Waals surface area contributed by atoms with E-state index in [0.717, 1.165) is 18.3 Å². The first kappa shape index (κ1) is 17.1. The predicted octanol–water partition coefficient (Wildman–Crippen LogP) is 5.81. The first-order valence-electron chi connectivity index (χ1n) is 8.10. The standard InChI is InChI=1S/C19H32O/c1-6-17(19(3,4)5)9-7-8-15(2)14-16-10-12-18(20)13-11-16/h10-13,15,17,20H,6-9,14H2,1-5H3. The largest absolute Gasteiger partial charge is 0.508 e. The van der Waals surface area contributed by atoms with Gasteiger partial charge in [0.25, 0.3) is 0 Å². The second kappa shape index (κ2) is 7.71. The Bertz CT molecular complexity index is 372. The summed E-state index contributed by atoms with van der Waals surface area (Å²) in [5.74, 6) is 1.91. The van der Waals surface area contributed by atoms with E-state index < -0.39 is 0 Å². The molecule has 1 N–H and O–H groups in total. The third kappa shape index (κ3) is 5.98. The maximum Gasteiger partial charge on any atom is 0.115 e. The summed E-state index contributed by atoms with van der Waals surface area (Å²) in [6.07, 6.45) is 6.38. The lowest BCUT2D eigenvalue weighted by molar-refractivity contribution is 0.210. The summed E-state index contributed by atoms with van der Waals surface area (Å²) >= 11 is 0. The van der Waals surface area contributed by atoms with Gasteiger partial charge in [0.05, 0.1) is 0 Å². The number of phenols is 1. The highest BCUT2D eigenvalue weighted by molar-refractivity contribution is 5.26. The van der Waals surface area contributed by atoms with Gasteiger partial charge in [-0.05, 0) is 47.8 Å². The van der Waals surface area contributed by atoms with Crippen molar-refractivity contribution in [2.45, 2.75) is 66.7 Å². The van der Waals surface area contributed by atoms with E-state index in [-0.39, 0.29) is 0 Å². The number of rotatable bonds is 7. The maximum atomic E-state index is 9.30. The molecule has 0 amide bonds. The van der Waals surface area contributed by atoms with Crippen molar-refractivity contribution in [3.05, 3.63) is 29.8 Å². The molecule has 1 rings (SSSR count). The minimum Gasteiger partial charge on any atom is -0.508 e. The SMILES string of the molecule is CCC(CCCC(C)Cc1ccc(O)cc1)C(C)(C)C. The maximum absolute atomic E-state index is 9.30. The van der Waals surface area contributed by atoms with Gasteiger partial charge in [0.1, 0.15) is 5.75 Å². The van der Waals surface area contributed by atoms with Crippen LogP contribution in [0.4, 0.5) is 0 Å². The summed E-state index contributed by atoms with van der Waals surface area (Å²) in [4.78, 5) is 0. The highest BCUT2D eigenvalue weighted by Gasteiger charge is 2.22. The van der Waals surface area contributed by atoms with Crippen molar-refractivity contribution in [1.82, 2.24) is 0 Å². The van der Waals surface area contributed by atoms with E-state index in [9.17, 15) is 5.11 Å². The Hall–Kier alpha value is -0.980. The second-order valence-corrected chi connectivity index (χ2v) is 7.38. The topological polar surface area (TPSA) is 20.2 Å². The van der Waals surface area contributed by atoms with Crippen LogP contribution in [0.25, 0.3) is 0 Å². The summed E-state index contributed by atoms with van der Waals surface area (Å²) < 4.78 is 0. The molecule has 2 unspecified atom stereocenters. The van der Waals surface area contributed by atoms with Crippen LogP contribution in [0.5, 0.6) is 5.75 Å². The molecular weight excluding hydrogens is 244 g/mol. The molecule has 20 heavy (non-hydrogen) atoms. The molecule has 0 aliphatic carbocycles. The fourth-order valence-electron chi connectivity index (χ4n) is 3.10. The van der Waals surface area contributed by atoms with E-state index in [2.05, 4.69) is 34.6 Å². The molecule has 0 fully saturated rings. The smallest absolute Gasteiger partial charge is 0.115 e. The number of hydrogen-bond acceptors (Lipinski definition) is 1. The van der Waals surface area contributed by atoms with E-state index in [4.69, 9.17) is 0 Å². The van der Waals surface area contributed by atoms with Crippen LogP contribution in [0.2, 0.25) is 0 Å².